The summed E-state index contributed by atoms with van der Waals surface area (Å²) in [7, 11) is 5.25. The standard InChI is InChI=1S/C16H23NO4/c1-5-21-16(18)13-10-17(2)9-12(13)11-7-6-8-14(19-3)15(11)20-4/h6-8,12-13H,5,9-10H2,1-4H3. The number of para-hydroxylation sites is 1. The molecular weight excluding hydrogens is 270 g/mol. The van der Waals surface area contributed by atoms with Gasteiger partial charge in [0.25, 0.3) is 0 Å². The van der Waals surface area contributed by atoms with Crippen molar-refractivity contribution in [3.8, 4) is 11.5 Å². The van der Waals surface area contributed by atoms with Gasteiger partial charge in [-0.3, -0.25) is 4.79 Å². The van der Waals surface area contributed by atoms with Gasteiger partial charge in [0.05, 0.1) is 26.7 Å². The summed E-state index contributed by atoms with van der Waals surface area (Å²) in [6.07, 6.45) is 0. The Kier molecular flexibility index (Phi) is 5.07. The number of nitrogens with zero attached hydrogens (tertiary/aromatic N) is 1. The Bertz CT molecular complexity index is 503. The molecule has 0 radical (unpaired) electrons. The number of likely N-dealkylation sites (tertiary alicyclic amines) is 1. The normalized spacial score (nSPS) is 22.1. The summed E-state index contributed by atoms with van der Waals surface area (Å²) in [4.78, 5) is 14.4. The summed E-state index contributed by atoms with van der Waals surface area (Å²) in [6.45, 7) is 3.73. The van der Waals surface area contributed by atoms with Crippen LogP contribution in [0.25, 0.3) is 0 Å². The minimum absolute atomic E-state index is 0.0547. The first-order valence-corrected chi connectivity index (χ1v) is 7.18. The van der Waals surface area contributed by atoms with E-state index < -0.39 is 0 Å². The molecule has 21 heavy (non-hydrogen) atoms. The maximum absolute atomic E-state index is 12.2. The maximum Gasteiger partial charge on any atom is 0.310 e. The number of ether oxygens (including phenoxy) is 3. The molecule has 2 atom stereocenters. The van der Waals surface area contributed by atoms with Gasteiger partial charge in [-0.05, 0) is 20.0 Å². The van der Waals surface area contributed by atoms with Crippen molar-refractivity contribution >= 4 is 5.97 Å². The van der Waals surface area contributed by atoms with Crippen LogP contribution in [0, 0.1) is 5.92 Å². The van der Waals surface area contributed by atoms with Crippen molar-refractivity contribution in [1.82, 2.24) is 4.90 Å². The second-order valence-corrected chi connectivity index (χ2v) is 5.27. The molecule has 2 rings (SSSR count). The third-order valence-electron chi connectivity index (χ3n) is 3.92. The molecule has 0 saturated carbocycles. The molecule has 5 heteroatoms. The summed E-state index contributed by atoms with van der Waals surface area (Å²) in [5.74, 6) is 1.13. The van der Waals surface area contributed by atoms with E-state index in [1.165, 1.54) is 0 Å². The zero-order chi connectivity index (χ0) is 15.4. The van der Waals surface area contributed by atoms with E-state index >= 15 is 0 Å². The fraction of sp³-hybridized carbons (Fsp3) is 0.562. The SMILES string of the molecule is CCOC(=O)C1CN(C)CC1c1cccc(OC)c1OC. The molecule has 0 N–H and O–H groups in total. The van der Waals surface area contributed by atoms with Crippen molar-refractivity contribution in [3.05, 3.63) is 23.8 Å². The van der Waals surface area contributed by atoms with Crippen molar-refractivity contribution in [1.29, 1.82) is 0 Å². The molecule has 0 amide bonds. The molecule has 0 bridgehead atoms. The molecule has 0 spiro atoms. The second kappa shape index (κ2) is 6.80. The van der Waals surface area contributed by atoms with Gasteiger partial charge < -0.3 is 19.1 Å². The number of likely N-dealkylation sites (N-methyl/N-ethyl adjacent to an activating group) is 1. The van der Waals surface area contributed by atoms with Crippen LogP contribution >= 0.6 is 0 Å². The predicted molar refractivity (Wildman–Crippen MR) is 79.9 cm³/mol. The fourth-order valence-electron chi connectivity index (χ4n) is 3.01. The van der Waals surface area contributed by atoms with Crippen LogP contribution in [-0.2, 0) is 9.53 Å². The summed E-state index contributed by atoms with van der Waals surface area (Å²) < 4.78 is 16.1. The van der Waals surface area contributed by atoms with Crippen LogP contribution in [0.4, 0.5) is 0 Å². The molecule has 2 unspecified atom stereocenters. The lowest BCUT2D eigenvalue weighted by atomic mass is 9.88. The van der Waals surface area contributed by atoms with Crippen molar-refractivity contribution in [2.75, 3.05) is 41.0 Å². The number of hydrogen-bond acceptors (Lipinski definition) is 5. The number of carbonyl (C=O) groups excluding carboxylic acids is 1. The molecule has 5 nitrogen and oxygen atoms in total. The third kappa shape index (κ3) is 3.13. The lowest BCUT2D eigenvalue weighted by Crippen LogP contribution is -2.24. The Morgan fingerprint density at radius 1 is 1.29 bits per heavy atom. The topological polar surface area (TPSA) is 48.0 Å². The number of methoxy groups -OCH3 is 2. The minimum atomic E-state index is -0.170. The van der Waals surface area contributed by atoms with Gasteiger partial charge in [-0.15, -0.1) is 0 Å². The minimum Gasteiger partial charge on any atom is -0.493 e. The molecular formula is C16H23NO4. The van der Waals surface area contributed by atoms with Gasteiger partial charge in [-0.25, -0.2) is 0 Å². The molecule has 1 aliphatic heterocycles. The molecule has 116 valence electrons. The highest BCUT2D eigenvalue weighted by Crippen LogP contribution is 2.41. The number of rotatable bonds is 5. The van der Waals surface area contributed by atoms with E-state index in [-0.39, 0.29) is 17.8 Å². The van der Waals surface area contributed by atoms with Crippen LogP contribution in [0.1, 0.15) is 18.4 Å². The number of carbonyl (C=O) groups is 1. The Hall–Kier alpha value is -1.75. The molecule has 1 fully saturated rings. The zero-order valence-electron chi connectivity index (χ0n) is 13.1. The first-order valence-electron chi connectivity index (χ1n) is 7.18. The lowest BCUT2D eigenvalue weighted by Gasteiger charge is -2.21. The van der Waals surface area contributed by atoms with Crippen LogP contribution in [0.5, 0.6) is 11.5 Å². The van der Waals surface area contributed by atoms with E-state index in [9.17, 15) is 4.79 Å². The lowest BCUT2D eigenvalue weighted by molar-refractivity contribution is -0.147. The molecule has 1 aromatic rings. The molecule has 0 aliphatic carbocycles. The van der Waals surface area contributed by atoms with Crippen LogP contribution in [0.3, 0.4) is 0 Å². The molecule has 1 aromatic carbocycles. The van der Waals surface area contributed by atoms with E-state index in [2.05, 4.69) is 4.90 Å². The van der Waals surface area contributed by atoms with Crippen molar-refractivity contribution in [2.24, 2.45) is 5.92 Å². The average Bonchev–Trinajstić information content (AvgIpc) is 2.88. The maximum atomic E-state index is 12.2. The van der Waals surface area contributed by atoms with Crippen molar-refractivity contribution in [3.63, 3.8) is 0 Å². The van der Waals surface area contributed by atoms with E-state index in [0.29, 0.717) is 24.7 Å². The first kappa shape index (κ1) is 15.6. The highest BCUT2D eigenvalue weighted by Gasteiger charge is 2.39. The van der Waals surface area contributed by atoms with Crippen molar-refractivity contribution in [2.45, 2.75) is 12.8 Å². The number of hydrogen-bond donors (Lipinski definition) is 0. The largest absolute Gasteiger partial charge is 0.493 e. The smallest absolute Gasteiger partial charge is 0.310 e. The molecule has 0 aromatic heterocycles. The Balaban J connectivity index is 2.36. The predicted octanol–water partition coefficient (Wildman–Crippen LogP) is 1.91. The zero-order valence-corrected chi connectivity index (χ0v) is 13.1. The molecule has 1 aliphatic rings. The average molecular weight is 293 g/mol. The second-order valence-electron chi connectivity index (χ2n) is 5.27. The number of esters is 1. The summed E-state index contributed by atoms with van der Waals surface area (Å²) in [6, 6.07) is 5.79. The Morgan fingerprint density at radius 3 is 2.67 bits per heavy atom. The number of benzene rings is 1. The summed E-state index contributed by atoms with van der Waals surface area (Å²) in [5, 5.41) is 0. The highest BCUT2D eigenvalue weighted by atomic mass is 16.5. The van der Waals surface area contributed by atoms with Gasteiger partial charge in [0.2, 0.25) is 0 Å². The van der Waals surface area contributed by atoms with Gasteiger partial charge in [-0.1, -0.05) is 12.1 Å². The monoisotopic (exact) mass is 293 g/mol. The van der Waals surface area contributed by atoms with Crippen LogP contribution in [0.15, 0.2) is 18.2 Å². The highest BCUT2D eigenvalue weighted by molar-refractivity contribution is 5.75. The first-order chi connectivity index (χ1) is 10.1. The van der Waals surface area contributed by atoms with E-state index in [0.717, 1.165) is 12.1 Å². The summed E-state index contributed by atoms with van der Waals surface area (Å²) >= 11 is 0. The van der Waals surface area contributed by atoms with Gasteiger partial charge in [0, 0.05) is 24.6 Å². The van der Waals surface area contributed by atoms with Gasteiger partial charge >= 0.3 is 5.97 Å². The van der Waals surface area contributed by atoms with Crippen LogP contribution < -0.4 is 9.47 Å². The third-order valence-corrected chi connectivity index (χ3v) is 3.92. The van der Waals surface area contributed by atoms with Gasteiger partial charge in [-0.2, -0.15) is 0 Å². The van der Waals surface area contributed by atoms with Crippen molar-refractivity contribution < 1.29 is 19.0 Å². The Labute approximate surface area is 125 Å². The quantitative estimate of drug-likeness (QED) is 0.776. The van der Waals surface area contributed by atoms with E-state index in [1.807, 2.05) is 32.2 Å². The van der Waals surface area contributed by atoms with Crippen LogP contribution in [0.2, 0.25) is 0 Å². The Morgan fingerprint density at radius 2 is 2.05 bits per heavy atom. The summed E-state index contributed by atoms with van der Waals surface area (Å²) in [5.41, 5.74) is 0.999. The van der Waals surface area contributed by atoms with Gasteiger partial charge in [0.15, 0.2) is 11.5 Å². The van der Waals surface area contributed by atoms with E-state index in [4.69, 9.17) is 14.2 Å². The van der Waals surface area contributed by atoms with Gasteiger partial charge in [0.1, 0.15) is 0 Å². The molecule has 1 heterocycles. The fourth-order valence-corrected chi connectivity index (χ4v) is 3.01. The molecule has 1 saturated heterocycles. The van der Waals surface area contributed by atoms with Crippen LogP contribution in [-0.4, -0.2) is 51.8 Å². The van der Waals surface area contributed by atoms with E-state index in [1.54, 1.807) is 14.2 Å².